The number of carbonyl (C=O) groups is 1. The van der Waals surface area contributed by atoms with Crippen LogP contribution >= 0.6 is 0 Å². The van der Waals surface area contributed by atoms with Gasteiger partial charge in [-0.05, 0) is 26.0 Å². The normalized spacial score (nSPS) is 26.9. The van der Waals surface area contributed by atoms with E-state index in [4.69, 9.17) is 9.47 Å². The fourth-order valence-corrected chi connectivity index (χ4v) is 2.61. The van der Waals surface area contributed by atoms with Gasteiger partial charge in [-0.15, -0.1) is 0 Å². The van der Waals surface area contributed by atoms with Gasteiger partial charge >= 0.3 is 0 Å². The first kappa shape index (κ1) is 14.0. The molecule has 0 aromatic heterocycles. The maximum atomic E-state index is 10.9. The molecule has 0 spiro atoms. The van der Waals surface area contributed by atoms with Crippen LogP contribution in [0.5, 0.6) is 5.75 Å². The number of hydrogen-bond acceptors (Lipinski definition) is 3. The van der Waals surface area contributed by atoms with E-state index in [9.17, 15) is 4.79 Å². The lowest BCUT2D eigenvalue weighted by Gasteiger charge is -2.32. The number of carbonyl (C=O) groups excluding carboxylic acids is 1. The largest absolute Gasteiger partial charge is 0.487 e. The summed E-state index contributed by atoms with van der Waals surface area (Å²) in [5.74, 6) is 0.672. The lowest BCUT2D eigenvalue weighted by Crippen LogP contribution is -3.16. The highest BCUT2D eigenvalue weighted by molar-refractivity contribution is 5.79. The Hall–Kier alpha value is -1.39. The molecule has 1 aromatic rings. The fraction of sp³-hybridized carbons (Fsp3) is 0.533. The average molecular weight is 264 g/mol. The van der Waals surface area contributed by atoms with E-state index < -0.39 is 0 Å². The lowest BCUT2D eigenvalue weighted by atomic mass is 10.2. The summed E-state index contributed by atoms with van der Waals surface area (Å²) in [7, 11) is 0. The van der Waals surface area contributed by atoms with E-state index in [-0.39, 0.29) is 0 Å². The Morgan fingerprint density at radius 3 is 2.68 bits per heavy atom. The zero-order valence-electron chi connectivity index (χ0n) is 11.6. The number of quaternary nitrogens is 1. The molecule has 19 heavy (non-hydrogen) atoms. The van der Waals surface area contributed by atoms with Gasteiger partial charge in [0.05, 0.1) is 5.56 Å². The Balaban J connectivity index is 1.81. The van der Waals surface area contributed by atoms with Crippen LogP contribution in [0, 0.1) is 0 Å². The van der Waals surface area contributed by atoms with Crippen molar-refractivity contribution in [3.8, 4) is 5.75 Å². The summed E-state index contributed by atoms with van der Waals surface area (Å²) in [5.41, 5.74) is 0.612. The van der Waals surface area contributed by atoms with Gasteiger partial charge in [0.15, 0.2) is 6.29 Å². The second kappa shape index (κ2) is 6.68. The summed E-state index contributed by atoms with van der Waals surface area (Å²) < 4.78 is 11.4. The molecule has 2 rings (SSSR count). The highest BCUT2D eigenvalue weighted by Crippen LogP contribution is 2.14. The van der Waals surface area contributed by atoms with E-state index in [2.05, 4.69) is 13.8 Å². The molecule has 0 radical (unpaired) electrons. The van der Waals surface area contributed by atoms with Crippen molar-refractivity contribution in [3.63, 3.8) is 0 Å². The van der Waals surface area contributed by atoms with Gasteiger partial charge in [0.25, 0.3) is 0 Å². The van der Waals surface area contributed by atoms with Crippen molar-refractivity contribution in [1.82, 2.24) is 0 Å². The van der Waals surface area contributed by atoms with Gasteiger partial charge in [0.1, 0.15) is 44.2 Å². The molecule has 1 N–H and O–H groups in total. The smallest absolute Gasteiger partial charge is 0.153 e. The first-order chi connectivity index (χ1) is 9.19. The van der Waals surface area contributed by atoms with Crippen molar-refractivity contribution in [2.45, 2.75) is 26.1 Å². The third kappa shape index (κ3) is 4.04. The van der Waals surface area contributed by atoms with Crippen LogP contribution in [0.2, 0.25) is 0 Å². The van der Waals surface area contributed by atoms with Crippen LogP contribution in [0.3, 0.4) is 0 Å². The zero-order valence-corrected chi connectivity index (χ0v) is 11.6. The SMILES string of the molecule is C[C@@H]1C[NH+](CCOc2ccccc2C=O)C[C@H](C)O1. The molecule has 4 nitrogen and oxygen atoms in total. The van der Waals surface area contributed by atoms with Gasteiger partial charge in [0, 0.05) is 0 Å². The van der Waals surface area contributed by atoms with Gasteiger partial charge in [-0.2, -0.15) is 0 Å². The minimum absolute atomic E-state index is 0.306. The van der Waals surface area contributed by atoms with Gasteiger partial charge in [-0.3, -0.25) is 4.79 Å². The van der Waals surface area contributed by atoms with E-state index in [1.165, 1.54) is 4.90 Å². The van der Waals surface area contributed by atoms with Gasteiger partial charge in [0.2, 0.25) is 0 Å². The Bertz CT molecular complexity index is 412. The van der Waals surface area contributed by atoms with Crippen LogP contribution in [0.15, 0.2) is 24.3 Å². The zero-order chi connectivity index (χ0) is 13.7. The Morgan fingerprint density at radius 1 is 1.32 bits per heavy atom. The first-order valence-corrected chi connectivity index (χ1v) is 6.85. The number of nitrogens with one attached hydrogen (secondary N) is 1. The molecular formula is C15H22NO3+. The Morgan fingerprint density at radius 2 is 2.00 bits per heavy atom. The lowest BCUT2D eigenvalue weighted by molar-refractivity contribution is -0.915. The van der Waals surface area contributed by atoms with Crippen molar-refractivity contribution in [2.75, 3.05) is 26.2 Å². The van der Waals surface area contributed by atoms with Crippen molar-refractivity contribution < 1.29 is 19.2 Å². The summed E-state index contributed by atoms with van der Waals surface area (Å²) in [5, 5.41) is 0. The number of rotatable bonds is 5. The quantitative estimate of drug-likeness (QED) is 0.790. The van der Waals surface area contributed by atoms with E-state index >= 15 is 0 Å². The van der Waals surface area contributed by atoms with Crippen LogP contribution in [-0.2, 0) is 4.74 Å². The van der Waals surface area contributed by atoms with Crippen LogP contribution in [0.1, 0.15) is 24.2 Å². The van der Waals surface area contributed by atoms with Crippen LogP contribution < -0.4 is 9.64 Å². The molecule has 0 saturated carbocycles. The molecule has 1 aliphatic heterocycles. The van der Waals surface area contributed by atoms with E-state index in [0.29, 0.717) is 30.1 Å². The summed E-state index contributed by atoms with van der Waals surface area (Å²) in [4.78, 5) is 12.4. The standard InChI is InChI=1S/C15H21NO3/c1-12-9-16(10-13(2)19-12)7-8-18-15-6-4-3-5-14(15)11-17/h3-6,11-13H,7-10H2,1-2H3/p+1/t12-,13+. The third-order valence-electron chi connectivity index (χ3n) is 3.38. The van der Waals surface area contributed by atoms with Crippen molar-refractivity contribution in [3.05, 3.63) is 29.8 Å². The molecule has 104 valence electrons. The summed E-state index contributed by atoms with van der Waals surface area (Å²) in [6.45, 7) is 7.81. The number of para-hydroxylation sites is 1. The third-order valence-corrected chi connectivity index (χ3v) is 3.38. The molecular weight excluding hydrogens is 242 g/mol. The predicted molar refractivity (Wildman–Crippen MR) is 72.9 cm³/mol. The van der Waals surface area contributed by atoms with E-state index in [1.807, 2.05) is 18.2 Å². The van der Waals surface area contributed by atoms with Gasteiger partial charge in [-0.1, -0.05) is 12.1 Å². The molecule has 3 atom stereocenters. The molecule has 1 aliphatic rings. The number of hydrogen-bond donors (Lipinski definition) is 1. The number of ether oxygens (including phenoxy) is 2. The van der Waals surface area contributed by atoms with Crippen molar-refractivity contribution in [1.29, 1.82) is 0 Å². The maximum absolute atomic E-state index is 10.9. The topological polar surface area (TPSA) is 40.0 Å². The number of morpholine rings is 1. The van der Waals surface area contributed by atoms with Crippen LogP contribution in [0.25, 0.3) is 0 Å². The molecule has 1 unspecified atom stereocenters. The molecule has 0 amide bonds. The maximum Gasteiger partial charge on any atom is 0.153 e. The minimum Gasteiger partial charge on any atom is -0.487 e. The number of benzene rings is 1. The second-order valence-electron chi connectivity index (χ2n) is 5.17. The van der Waals surface area contributed by atoms with Crippen molar-refractivity contribution >= 4 is 6.29 Å². The van der Waals surface area contributed by atoms with Crippen LogP contribution in [-0.4, -0.2) is 44.7 Å². The molecule has 1 saturated heterocycles. The number of aldehydes is 1. The molecule has 0 aliphatic carbocycles. The van der Waals surface area contributed by atoms with E-state index in [1.54, 1.807) is 6.07 Å². The Labute approximate surface area is 114 Å². The monoisotopic (exact) mass is 264 g/mol. The molecule has 1 aromatic carbocycles. The van der Waals surface area contributed by atoms with Gasteiger partial charge < -0.3 is 14.4 Å². The minimum atomic E-state index is 0.306. The fourth-order valence-electron chi connectivity index (χ4n) is 2.61. The predicted octanol–water partition coefficient (Wildman–Crippen LogP) is 0.570. The molecule has 1 fully saturated rings. The van der Waals surface area contributed by atoms with Gasteiger partial charge in [-0.25, -0.2) is 0 Å². The summed E-state index contributed by atoms with van der Waals surface area (Å²) in [6, 6.07) is 7.33. The van der Waals surface area contributed by atoms with E-state index in [0.717, 1.165) is 25.9 Å². The van der Waals surface area contributed by atoms with Crippen LogP contribution in [0.4, 0.5) is 0 Å². The Kier molecular flexibility index (Phi) is 4.93. The molecule has 4 heteroatoms. The molecule has 1 heterocycles. The summed E-state index contributed by atoms with van der Waals surface area (Å²) >= 11 is 0. The highest BCUT2D eigenvalue weighted by Gasteiger charge is 2.25. The highest BCUT2D eigenvalue weighted by atomic mass is 16.5. The summed E-state index contributed by atoms with van der Waals surface area (Å²) in [6.07, 6.45) is 1.45. The average Bonchev–Trinajstić information content (AvgIpc) is 2.38. The first-order valence-electron chi connectivity index (χ1n) is 6.85. The molecule has 0 bridgehead atoms. The second-order valence-corrected chi connectivity index (χ2v) is 5.17. The van der Waals surface area contributed by atoms with Crippen molar-refractivity contribution in [2.24, 2.45) is 0 Å².